The number of aromatic hydroxyl groups is 1. The van der Waals surface area contributed by atoms with E-state index in [1.807, 2.05) is 26.0 Å². The summed E-state index contributed by atoms with van der Waals surface area (Å²) < 4.78 is 9.82. The number of ketones is 1. The lowest BCUT2D eigenvalue weighted by Gasteiger charge is -2.11. The summed E-state index contributed by atoms with van der Waals surface area (Å²) in [7, 11) is 1.27. The Bertz CT molecular complexity index is 1030. The van der Waals surface area contributed by atoms with Gasteiger partial charge in [-0.05, 0) is 52.0 Å². The van der Waals surface area contributed by atoms with Crippen LogP contribution in [0, 0.1) is 0 Å². The number of unbranched alkanes of at least 4 members (excludes halogenated alkanes) is 1. The molecule has 0 aliphatic rings. The van der Waals surface area contributed by atoms with E-state index >= 15 is 0 Å². The minimum absolute atomic E-state index is 0.185. The highest BCUT2D eigenvalue weighted by Gasteiger charge is 2.22. The molecule has 186 valence electrons. The third kappa shape index (κ3) is 9.65. The highest BCUT2D eigenvalue weighted by molar-refractivity contribution is 6.09. The SMILES string of the molecule is CCCC/C(C)=C/C=C(C)/C=C(\C)C(=O)c1c(O)cc(C(C)CC/C=C/NC(=O)OC)oc1=O. The fraction of sp³-hybridized carbons (Fsp3) is 0.444. The number of ether oxygens (including phenoxy) is 1. The first kappa shape index (κ1) is 28.7. The maximum atomic E-state index is 12.8. The lowest BCUT2D eigenvalue weighted by molar-refractivity contribution is 0.102. The van der Waals surface area contributed by atoms with Crippen LogP contribution in [0.25, 0.3) is 0 Å². The largest absolute Gasteiger partial charge is 0.507 e. The Morgan fingerprint density at radius 2 is 1.94 bits per heavy atom. The van der Waals surface area contributed by atoms with E-state index in [4.69, 9.17) is 4.42 Å². The molecule has 0 aliphatic carbocycles. The Labute approximate surface area is 201 Å². The quantitative estimate of drug-likeness (QED) is 0.210. The van der Waals surface area contributed by atoms with Crippen molar-refractivity contribution in [1.82, 2.24) is 5.32 Å². The Morgan fingerprint density at radius 3 is 2.56 bits per heavy atom. The number of nitrogens with one attached hydrogen (secondary N) is 1. The molecule has 0 saturated heterocycles. The van der Waals surface area contributed by atoms with Gasteiger partial charge in [0.15, 0.2) is 5.78 Å². The maximum absolute atomic E-state index is 12.8. The molecule has 2 N–H and O–H groups in total. The monoisotopic (exact) mass is 471 g/mol. The van der Waals surface area contributed by atoms with Gasteiger partial charge in [-0.15, -0.1) is 0 Å². The van der Waals surface area contributed by atoms with Crippen LogP contribution < -0.4 is 10.9 Å². The van der Waals surface area contributed by atoms with Crippen molar-refractivity contribution < 1.29 is 23.8 Å². The van der Waals surface area contributed by atoms with Gasteiger partial charge in [-0.1, -0.05) is 55.7 Å². The van der Waals surface area contributed by atoms with Crippen LogP contribution in [0.4, 0.5) is 4.79 Å². The van der Waals surface area contributed by atoms with Crippen molar-refractivity contribution in [3.05, 3.63) is 75.0 Å². The highest BCUT2D eigenvalue weighted by atomic mass is 16.5. The van der Waals surface area contributed by atoms with E-state index in [0.717, 1.165) is 24.8 Å². The second kappa shape index (κ2) is 14.7. The number of rotatable bonds is 12. The van der Waals surface area contributed by atoms with Crippen LogP contribution in [-0.2, 0) is 4.74 Å². The number of allylic oxidation sites excluding steroid dienone is 7. The van der Waals surface area contributed by atoms with E-state index in [-0.39, 0.29) is 11.5 Å². The molecular weight excluding hydrogens is 434 g/mol. The van der Waals surface area contributed by atoms with Crippen LogP contribution in [0.3, 0.4) is 0 Å². The molecule has 0 aromatic carbocycles. The molecule has 0 saturated carbocycles. The number of hydrogen-bond donors (Lipinski definition) is 2. The van der Waals surface area contributed by atoms with Crippen molar-refractivity contribution >= 4 is 11.9 Å². The molecule has 0 aliphatic heterocycles. The van der Waals surface area contributed by atoms with Crippen molar-refractivity contribution in [2.75, 3.05) is 7.11 Å². The van der Waals surface area contributed by atoms with Crippen LogP contribution in [0.2, 0.25) is 0 Å². The van der Waals surface area contributed by atoms with Gasteiger partial charge in [0, 0.05) is 18.2 Å². The average Bonchev–Trinajstić information content (AvgIpc) is 2.79. The first-order valence-electron chi connectivity index (χ1n) is 11.5. The van der Waals surface area contributed by atoms with E-state index in [0.29, 0.717) is 24.2 Å². The van der Waals surface area contributed by atoms with Gasteiger partial charge >= 0.3 is 11.7 Å². The number of alkyl carbamates (subject to hydrolysis) is 1. The number of methoxy groups -OCH3 is 1. The summed E-state index contributed by atoms with van der Waals surface area (Å²) in [4.78, 5) is 36.3. The Morgan fingerprint density at radius 1 is 1.24 bits per heavy atom. The zero-order valence-corrected chi connectivity index (χ0v) is 21.1. The van der Waals surface area contributed by atoms with E-state index < -0.39 is 23.3 Å². The number of Topliss-reactive ketones (excluding diaryl/α,β-unsaturated/α-hetero) is 1. The summed E-state index contributed by atoms with van der Waals surface area (Å²) in [6.45, 7) is 9.55. The molecule has 1 atom stereocenters. The zero-order chi connectivity index (χ0) is 25.7. The van der Waals surface area contributed by atoms with Gasteiger partial charge in [0.05, 0.1) is 7.11 Å². The third-order valence-electron chi connectivity index (χ3n) is 5.29. The third-order valence-corrected chi connectivity index (χ3v) is 5.29. The summed E-state index contributed by atoms with van der Waals surface area (Å²) in [6, 6.07) is 1.32. The molecule has 34 heavy (non-hydrogen) atoms. The predicted octanol–water partition coefficient (Wildman–Crippen LogP) is 6.31. The molecule has 1 heterocycles. The van der Waals surface area contributed by atoms with Crippen LogP contribution >= 0.6 is 0 Å². The predicted molar refractivity (Wildman–Crippen MR) is 134 cm³/mol. The summed E-state index contributed by atoms with van der Waals surface area (Å²) in [5.74, 6) is -0.855. The average molecular weight is 472 g/mol. The second-order valence-corrected chi connectivity index (χ2v) is 8.40. The Balaban J connectivity index is 2.92. The van der Waals surface area contributed by atoms with Crippen molar-refractivity contribution in [2.24, 2.45) is 0 Å². The fourth-order valence-electron chi connectivity index (χ4n) is 3.17. The smallest absolute Gasteiger partial charge is 0.410 e. The van der Waals surface area contributed by atoms with Gasteiger partial charge in [0.2, 0.25) is 0 Å². The molecule has 7 heteroatoms. The van der Waals surface area contributed by atoms with Gasteiger partial charge in [-0.3, -0.25) is 10.1 Å². The first-order valence-corrected chi connectivity index (χ1v) is 11.5. The molecule has 7 nitrogen and oxygen atoms in total. The molecule has 1 unspecified atom stereocenters. The number of hydrogen-bond acceptors (Lipinski definition) is 6. The molecular formula is C27H37NO6. The second-order valence-electron chi connectivity index (χ2n) is 8.40. The fourth-order valence-corrected chi connectivity index (χ4v) is 3.17. The molecule has 0 radical (unpaired) electrons. The standard InChI is InChI=1S/C27H37NO6/c1-7-8-11-18(2)13-14-19(3)16-21(5)25(30)24-22(29)17-23(34-26(24)31)20(4)12-9-10-15-28-27(32)33-6/h10,13-17,20,29H,7-9,11-12H2,1-6H3,(H,28,32)/b15-10+,18-13+,19-14+,21-16+. The number of carbonyl (C=O) groups excluding carboxylic acids is 2. The number of amides is 1. The summed E-state index contributed by atoms with van der Waals surface area (Å²) in [5, 5.41) is 12.8. The van der Waals surface area contributed by atoms with Gasteiger partial charge in [0.1, 0.15) is 17.1 Å². The number of carbonyl (C=O) groups is 2. The summed E-state index contributed by atoms with van der Waals surface area (Å²) in [5.41, 5.74) is 1.23. The molecule has 0 bridgehead atoms. The van der Waals surface area contributed by atoms with Crippen molar-refractivity contribution in [1.29, 1.82) is 0 Å². The molecule has 1 aromatic rings. The van der Waals surface area contributed by atoms with Gasteiger partial charge < -0.3 is 14.3 Å². The molecule has 0 spiro atoms. The van der Waals surface area contributed by atoms with Gasteiger partial charge in [-0.2, -0.15) is 0 Å². The van der Waals surface area contributed by atoms with Crippen LogP contribution in [-0.4, -0.2) is 24.1 Å². The van der Waals surface area contributed by atoms with Crippen LogP contribution in [0.5, 0.6) is 5.75 Å². The molecule has 1 amide bonds. The minimum atomic E-state index is -0.862. The van der Waals surface area contributed by atoms with Crippen LogP contribution in [0.1, 0.15) is 88.8 Å². The van der Waals surface area contributed by atoms with E-state index in [2.05, 4.69) is 23.9 Å². The van der Waals surface area contributed by atoms with Crippen molar-refractivity contribution in [3.8, 4) is 5.75 Å². The normalized spacial score (nSPS) is 13.8. The van der Waals surface area contributed by atoms with Gasteiger partial charge in [0.25, 0.3) is 0 Å². The topological polar surface area (TPSA) is 106 Å². The van der Waals surface area contributed by atoms with Gasteiger partial charge in [-0.25, -0.2) is 9.59 Å². The van der Waals surface area contributed by atoms with E-state index in [1.54, 1.807) is 19.1 Å². The Kier molecular flexibility index (Phi) is 12.4. The van der Waals surface area contributed by atoms with Crippen molar-refractivity contribution in [2.45, 2.75) is 72.6 Å². The summed E-state index contributed by atoms with van der Waals surface area (Å²) >= 11 is 0. The van der Waals surface area contributed by atoms with Crippen LogP contribution in [0.15, 0.2) is 62.5 Å². The lowest BCUT2D eigenvalue weighted by Crippen LogP contribution is -2.17. The van der Waals surface area contributed by atoms with E-state index in [9.17, 15) is 19.5 Å². The summed E-state index contributed by atoms with van der Waals surface area (Å²) in [6.07, 6.45) is 12.8. The molecule has 0 fully saturated rings. The lowest BCUT2D eigenvalue weighted by atomic mass is 9.99. The molecule has 1 rings (SSSR count). The zero-order valence-electron chi connectivity index (χ0n) is 21.1. The highest BCUT2D eigenvalue weighted by Crippen LogP contribution is 2.26. The van der Waals surface area contributed by atoms with Crippen molar-refractivity contribution in [3.63, 3.8) is 0 Å². The maximum Gasteiger partial charge on any atom is 0.410 e. The molecule has 1 aromatic heterocycles. The first-order chi connectivity index (χ1) is 16.1. The minimum Gasteiger partial charge on any atom is -0.507 e. The van der Waals surface area contributed by atoms with E-state index in [1.165, 1.54) is 24.9 Å². The Hall–Kier alpha value is -3.35.